The zero-order chi connectivity index (χ0) is 10.7. The molecule has 0 aromatic heterocycles. The topological polar surface area (TPSA) is 23.5 Å². The van der Waals surface area contributed by atoms with Gasteiger partial charge >= 0.3 is 0 Å². The van der Waals surface area contributed by atoms with Gasteiger partial charge in [0.25, 0.3) is 0 Å². The van der Waals surface area contributed by atoms with Gasteiger partial charge in [0.1, 0.15) is 5.82 Å². The molecule has 82 valence electrons. The molecule has 1 aliphatic rings. The summed E-state index contributed by atoms with van der Waals surface area (Å²) in [6.07, 6.45) is 2.44. The summed E-state index contributed by atoms with van der Waals surface area (Å²) < 4.78 is 13.6. The second-order valence-electron chi connectivity index (χ2n) is 4.07. The van der Waals surface area contributed by atoms with Crippen LogP contribution in [0, 0.1) is 5.82 Å². The van der Waals surface area contributed by atoms with Crippen molar-refractivity contribution < 1.29 is 9.50 Å². The van der Waals surface area contributed by atoms with Crippen molar-refractivity contribution in [1.29, 1.82) is 0 Å². The van der Waals surface area contributed by atoms with Gasteiger partial charge in [0, 0.05) is 12.1 Å². The fraction of sp³-hybridized carbons (Fsp3) is 0.500. The standard InChI is InChI=1S/C12H16FNO/c13-12-7-10(9-15)3-4-11(12)8-14-5-1-2-6-14/h3-4,7,15H,1-2,5-6,8-9H2. The molecule has 2 rings (SSSR count). The molecule has 1 aliphatic heterocycles. The minimum absolute atomic E-state index is 0.0963. The average Bonchev–Trinajstić information content (AvgIpc) is 2.74. The number of likely N-dealkylation sites (tertiary alicyclic amines) is 1. The van der Waals surface area contributed by atoms with E-state index in [1.54, 1.807) is 12.1 Å². The first-order valence-corrected chi connectivity index (χ1v) is 5.40. The lowest BCUT2D eigenvalue weighted by molar-refractivity contribution is 0.280. The van der Waals surface area contributed by atoms with E-state index in [1.807, 2.05) is 0 Å². The van der Waals surface area contributed by atoms with Crippen molar-refractivity contribution in [2.45, 2.75) is 26.0 Å². The van der Waals surface area contributed by atoms with Gasteiger partial charge in [0.2, 0.25) is 0 Å². The number of hydrogen-bond donors (Lipinski definition) is 1. The van der Waals surface area contributed by atoms with Crippen LogP contribution >= 0.6 is 0 Å². The fourth-order valence-corrected chi connectivity index (χ4v) is 2.00. The van der Waals surface area contributed by atoms with Crippen LogP contribution in [0.5, 0.6) is 0 Å². The lowest BCUT2D eigenvalue weighted by atomic mass is 10.1. The van der Waals surface area contributed by atoms with E-state index in [4.69, 9.17) is 5.11 Å². The second kappa shape index (κ2) is 4.73. The predicted molar refractivity (Wildman–Crippen MR) is 56.8 cm³/mol. The molecule has 0 aliphatic carbocycles. The molecule has 3 heteroatoms. The zero-order valence-corrected chi connectivity index (χ0v) is 8.75. The minimum atomic E-state index is -0.201. The Morgan fingerprint density at radius 1 is 1.27 bits per heavy atom. The Morgan fingerprint density at radius 2 is 2.00 bits per heavy atom. The third kappa shape index (κ3) is 2.55. The number of nitrogens with zero attached hydrogens (tertiary/aromatic N) is 1. The van der Waals surface area contributed by atoms with Crippen molar-refractivity contribution in [2.75, 3.05) is 13.1 Å². The van der Waals surface area contributed by atoms with Gasteiger partial charge in [-0.3, -0.25) is 4.90 Å². The largest absolute Gasteiger partial charge is 0.392 e. The maximum atomic E-state index is 13.6. The maximum Gasteiger partial charge on any atom is 0.128 e. The molecule has 1 aromatic rings. The molecule has 0 atom stereocenters. The molecule has 2 nitrogen and oxygen atoms in total. The van der Waals surface area contributed by atoms with E-state index in [1.165, 1.54) is 18.9 Å². The van der Waals surface area contributed by atoms with Crippen LogP contribution in [0.3, 0.4) is 0 Å². The first-order chi connectivity index (χ1) is 7.29. The Labute approximate surface area is 89.3 Å². The summed E-state index contributed by atoms with van der Waals surface area (Å²) in [5, 5.41) is 8.86. The number of rotatable bonds is 3. The van der Waals surface area contributed by atoms with Gasteiger partial charge < -0.3 is 5.11 Å². The lowest BCUT2D eigenvalue weighted by Gasteiger charge is -2.15. The van der Waals surface area contributed by atoms with Crippen molar-refractivity contribution in [3.05, 3.63) is 35.1 Å². The Bertz CT molecular complexity index is 334. The van der Waals surface area contributed by atoms with Crippen LogP contribution < -0.4 is 0 Å². The zero-order valence-electron chi connectivity index (χ0n) is 8.75. The highest BCUT2D eigenvalue weighted by Crippen LogP contribution is 2.16. The summed E-state index contributed by atoms with van der Waals surface area (Å²) in [4.78, 5) is 2.26. The molecule has 1 N–H and O–H groups in total. The Hall–Kier alpha value is -0.930. The van der Waals surface area contributed by atoms with Crippen molar-refractivity contribution in [3.8, 4) is 0 Å². The van der Waals surface area contributed by atoms with Crippen molar-refractivity contribution in [2.24, 2.45) is 0 Å². The highest BCUT2D eigenvalue weighted by molar-refractivity contribution is 5.24. The van der Waals surface area contributed by atoms with E-state index in [0.29, 0.717) is 12.1 Å². The summed E-state index contributed by atoms with van der Waals surface area (Å²) in [6, 6.07) is 4.99. The molecule has 0 radical (unpaired) electrons. The third-order valence-corrected chi connectivity index (χ3v) is 2.89. The first kappa shape index (κ1) is 10.6. The first-order valence-electron chi connectivity index (χ1n) is 5.40. The molecule has 1 aromatic carbocycles. The number of benzene rings is 1. The quantitative estimate of drug-likeness (QED) is 0.822. The van der Waals surface area contributed by atoms with Crippen molar-refractivity contribution in [3.63, 3.8) is 0 Å². The summed E-state index contributed by atoms with van der Waals surface area (Å²) in [7, 11) is 0. The molecule has 0 bridgehead atoms. The number of aliphatic hydroxyl groups excluding tert-OH is 1. The average molecular weight is 209 g/mol. The van der Waals surface area contributed by atoms with Crippen LogP contribution in [0.1, 0.15) is 24.0 Å². The monoisotopic (exact) mass is 209 g/mol. The highest BCUT2D eigenvalue weighted by Gasteiger charge is 2.13. The highest BCUT2D eigenvalue weighted by atomic mass is 19.1. The van der Waals surface area contributed by atoms with Gasteiger partial charge in [-0.1, -0.05) is 12.1 Å². The van der Waals surface area contributed by atoms with Gasteiger partial charge in [0.05, 0.1) is 6.61 Å². The molecule has 1 saturated heterocycles. The van der Waals surface area contributed by atoms with E-state index in [2.05, 4.69) is 4.90 Å². The van der Waals surface area contributed by atoms with Crippen molar-refractivity contribution >= 4 is 0 Å². The van der Waals surface area contributed by atoms with E-state index >= 15 is 0 Å². The van der Waals surface area contributed by atoms with E-state index < -0.39 is 0 Å². The summed E-state index contributed by atoms with van der Waals surface area (Å²) in [6.45, 7) is 2.74. The SMILES string of the molecule is OCc1ccc(CN2CCCC2)c(F)c1. The van der Waals surface area contributed by atoms with Crippen LogP contribution in [0.25, 0.3) is 0 Å². The molecule has 1 heterocycles. The smallest absolute Gasteiger partial charge is 0.128 e. The Kier molecular flexibility index (Phi) is 3.34. The molecule has 0 saturated carbocycles. The molecule has 0 unspecified atom stereocenters. The third-order valence-electron chi connectivity index (χ3n) is 2.89. The predicted octanol–water partition coefficient (Wildman–Crippen LogP) is 1.91. The molecule has 15 heavy (non-hydrogen) atoms. The number of aliphatic hydroxyl groups is 1. The Morgan fingerprint density at radius 3 is 2.60 bits per heavy atom. The van der Waals surface area contributed by atoms with Gasteiger partial charge in [-0.15, -0.1) is 0 Å². The van der Waals surface area contributed by atoms with Gasteiger partial charge in [0.15, 0.2) is 0 Å². The van der Waals surface area contributed by atoms with Crippen molar-refractivity contribution in [1.82, 2.24) is 4.90 Å². The summed E-state index contributed by atoms with van der Waals surface area (Å²) >= 11 is 0. The molecule has 0 amide bonds. The molecular formula is C12H16FNO. The number of hydrogen-bond acceptors (Lipinski definition) is 2. The summed E-state index contributed by atoms with van der Waals surface area (Å²) in [5.41, 5.74) is 1.37. The lowest BCUT2D eigenvalue weighted by Crippen LogP contribution is -2.19. The fourth-order valence-electron chi connectivity index (χ4n) is 2.00. The summed E-state index contributed by atoms with van der Waals surface area (Å²) in [5.74, 6) is -0.201. The molecule has 1 fully saturated rings. The van der Waals surface area contributed by atoms with Gasteiger partial charge in [-0.05, 0) is 37.6 Å². The molecule has 0 spiro atoms. The van der Waals surface area contributed by atoms with Crippen LogP contribution in [0.4, 0.5) is 4.39 Å². The molecular weight excluding hydrogens is 193 g/mol. The second-order valence-corrected chi connectivity index (χ2v) is 4.07. The van der Waals surface area contributed by atoms with Gasteiger partial charge in [-0.2, -0.15) is 0 Å². The van der Waals surface area contributed by atoms with E-state index in [0.717, 1.165) is 18.7 Å². The van der Waals surface area contributed by atoms with Crippen LogP contribution in [0.15, 0.2) is 18.2 Å². The minimum Gasteiger partial charge on any atom is -0.392 e. The van der Waals surface area contributed by atoms with E-state index in [-0.39, 0.29) is 12.4 Å². The van der Waals surface area contributed by atoms with E-state index in [9.17, 15) is 4.39 Å². The Balaban J connectivity index is 2.07. The van der Waals surface area contributed by atoms with Crippen LogP contribution in [-0.2, 0) is 13.2 Å². The number of halogens is 1. The van der Waals surface area contributed by atoms with Crippen LogP contribution in [-0.4, -0.2) is 23.1 Å². The maximum absolute atomic E-state index is 13.6. The van der Waals surface area contributed by atoms with Gasteiger partial charge in [-0.25, -0.2) is 4.39 Å². The normalized spacial score (nSPS) is 17.2. The van der Waals surface area contributed by atoms with Crippen LogP contribution in [0.2, 0.25) is 0 Å².